The molecule has 1 fully saturated rings. The minimum atomic E-state index is 0. The summed E-state index contributed by atoms with van der Waals surface area (Å²) in [6, 6.07) is 9.55. The van der Waals surface area contributed by atoms with E-state index in [1.165, 1.54) is 36.9 Å². The second-order valence-corrected chi connectivity index (χ2v) is 6.48. The third-order valence-corrected chi connectivity index (χ3v) is 4.86. The maximum atomic E-state index is 6.02. The van der Waals surface area contributed by atoms with Gasteiger partial charge >= 0.3 is 0 Å². The number of aliphatic imine (C=N–C) groups is 1. The Kier molecular flexibility index (Phi) is 9.66. The number of likely N-dealkylation sites (tertiary alicyclic amines) is 1. The molecule has 24 heavy (non-hydrogen) atoms. The third-order valence-electron chi connectivity index (χ3n) is 4.86. The van der Waals surface area contributed by atoms with Crippen LogP contribution in [0, 0.1) is 0 Å². The average molecular weight is 444 g/mol. The Balaban J connectivity index is 0.00000288. The second kappa shape index (κ2) is 10.9. The first-order valence-electron chi connectivity index (χ1n) is 9.00. The average Bonchev–Trinajstić information content (AvgIpc) is 2.57. The zero-order valence-corrected chi connectivity index (χ0v) is 17.7. The lowest BCUT2D eigenvalue weighted by Crippen LogP contribution is -2.37. The number of guanidine groups is 1. The monoisotopic (exact) mass is 444 g/mol. The van der Waals surface area contributed by atoms with Gasteiger partial charge in [-0.25, -0.2) is 4.99 Å². The van der Waals surface area contributed by atoms with Gasteiger partial charge in [0.05, 0.1) is 6.54 Å². The van der Waals surface area contributed by atoms with E-state index in [9.17, 15) is 0 Å². The molecule has 5 heteroatoms. The lowest BCUT2D eigenvalue weighted by atomic mass is 10.0. The van der Waals surface area contributed by atoms with Crippen LogP contribution in [-0.2, 0) is 13.1 Å². The number of benzene rings is 1. The van der Waals surface area contributed by atoms with Crippen LogP contribution in [0.2, 0.25) is 0 Å². The summed E-state index contributed by atoms with van der Waals surface area (Å²) in [5.41, 5.74) is 8.63. The predicted octanol–water partition coefficient (Wildman–Crippen LogP) is 3.84. The summed E-state index contributed by atoms with van der Waals surface area (Å²) in [7, 11) is 0. The van der Waals surface area contributed by atoms with Crippen LogP contribution in [-0.4, -0.2) is 41.4 Å². The van der Waals surface area contributed by atoms with Crippen LogP contribution in [0.1, 0.15) is 51.2 Å². The molecule has 0 saturated carbocycles. The maximum absolute atomic E-state index is 6.02. The van der Waals surface area contributed by atoms with Gasteiger partial charge in [0.1, 0.15) is 0 Å². The second-order valence-electron chi connectivity index (χ2n) is 6.48. The molecule has 1 saturated heterocycles. The fourth-order valence-corrected chi connectivity index (χ4v) is 3.20. The topological polar surface area (TPSA) is 44.9 Å². The van der Waals surface area contributed by atoms with E-state index in [2.05, 4.69) is 59.8 Å². The standard InChI is InChI=1S/C19H32N4.HI/c1-4-22(5-2)19(20)21-14-17-9-11-18(12-10-17)15-23-13-7-6-8-16(23)3;/h9-12,16H,4-8,13-15H2,1-3H3,(H2,20,21);1H. The van der Waals surface area contributed by atoms with Crippen molar-refractivity contribution < 1.29 is 0 Å². The van der Waals surface area contributed by atoms with Crippen molar-refractivity contribution in [2.24, 2.45) is 10.7 Å². The Bertz CT molecular complexity index is 497. The Labute approximate surface area is 164 Å². The van der Waals surface area contributed by atoms with Crippen LogP contribution in [0.4, 0.5) is 0 Å². The first-order chi connectivity index (χ1) is 11.1. The van der Waals surface area contributed by atoms with E-state index in [0.717, 1.165) is 19.6 Å². The molecule has 1 aromatic carbocycles. The molecule has 136 valence electrons. The highest BCUT2D eigenvalue weighted by atomic mass is 127. The molecule has 0 radical (unpaired) electrons. The summed E-state index contributed by atoms with van der Waals surface area (Å²) in [4.78, 5) is 9.17. The minimum Gasteiger partial charge on any atom is -0.370 e. The van der Waals surface area contributed by atoms with Crippen molar-refractivity contribution in [1.29, 1.82) is 0 Å². The lowest BCUT2D eigenvalue weighted by molar-refractivity contribution is 0.152. The van der Waals surface area contributed by atoms with E-state index in [0.29, 0.717) is 18.5 Å². The van der Waals surface area contributed by atoms with E-state index in [-0.39, 0.29) is 24.0 Å². The van der Waals surface area contributed by atoms with Gasteiger partial charge in [-0.3, -0.25) is 4.90 Å². The summed E-state index contributed by atoms with van der Waals surface area (Å²) < 4.78 is 0. The predicted molar refractivity (Wildman–Crippen MR) is 114 cm³/mol. The van der Waals surface area contributed by atoms with E-state index in [1.807, 2.05) is 0 Å². The van der Waals surface area contributed by atoms with E-state index in [1.54, 1.807) is 0 Å². The number of nitrogens with zero attached hydrogens (tertiary/aromatic N) is 3. The first-order valence-corrected chi connectivity index (χ1v) is 9.00. The van der Waals surface area contributed by atoms with E-state index < -0.39 is 0 Å². The summed E-state index contributed by atoms with van der Waals surface area (Å²) >= 11 is 0. The summed E-state index contributed by atoms with van der Waals surface area (Å²) in [6.45, 7) is 11.3. The molecule has 0 amide bonds. The van der Waals surface area contributed by atoms with Crippen molar-refractivity contribution in [2.75, 3.05) is 19.6 Å². The molecule has 2 rings (SSSR count). The quantitative estimate of drug-likeness (QED) is 0.412. The Morgan fingerprint density at radius 2 is 1.79 bits per heavy atom. The molecule has 1 aliphatic heterocycles. The molecule has 1 aromatic rings. The normalized spacial score (nSPS) is 19.0. The molecule has 0 aliphatic carbocycles. The van der Waals surface area contributed by atoms with Gasteiger partial charge in [-0.2, -0.15) is 0 Å². The number of hydrogen-bond acceptors (Lipinski definition) is 2. The molecule has 0 aromatic heterocycles. The van der Waals surface area contributed by atoms with Gasteiger partial charge in [0, 0.05) is 25.7 Å². The van der Waals surface area contributed by atoms with Gasteiger partial charge in [0.25, 0.3) is 0 Å². The van der Waals surface area contributed by atoms with Crippen LogP contribution < -0.4 is 5.73 Å². The largest absolute Gasteiger partial charge is 0.370 e. The van der Waals surface area contributed by atoms with Crippen LogP contribution in [0.25, 0.3) is 0 Å². The van der Waals surface area contributed by atoms with Gasteiger partial charge < -0.3 is 10.6 Å². The zero-order chi connectivity index (χ0) is 16.7. The van der Waals surface area contributed by atoms with Crippen molar-refractivity contribution in [3.05, 3.63) is 35.4 Å². The number of piperidine rings is 1. The van der Waals surface area contributed by atoms with Gasteiger partial charge in [0.2, 0.25) is 0 Å². The van der Waals surface area contributed by atoms with Gasteiger partial charge in [0.15, 0.2) is 5.96 Å². The zero-order valence-electron chi connectivity index (χ0n) is 15.4. The molecule has 4 nitrogen and oxygen atoms in total. The minimum absolute atomic E-state index is 0. The van der Waals surface area contributed by atoms with Crippen molar-refractivity contribution in [2.45, 2.75) is 59.2 Å². The smallest absolute Gasteiger partial charge is 0.191 e. The van der Waals surface area contributed by atoms with Crippen LogP contribution in [0.3, 0.4) is 0 Å². The van der Waals surface area contributed by atoms with Crippen LogP contribution in [0.5, 0.6) is 0 Å². The first kappa shape index (κ1) is 21.2. The summed E-state index contributed by atoms with van der Waals surface area (Å²) in [5, 5.41) is 0. The molecule has 0 spiro atoms. The summed E-state index contributed by atoms with van der Waals surface area (Å²) in [5.74, 6) is 0.640. The van der Waals surface area contributed by atoms with Gasteiger partial charge in [-0.1, -0.05) is 30.7 Å². The molecule has 2 N–H and O–H groups in total. The Morgan fingerprint density at radius 3 is 2.38 bits per heavy atom. The SMILES string of the molecule is CCN(CC)C(N)=NCc1ccc(CN2CCCCC2C)cc1.I. The number of rotatable bonds is 6. The maximum Gasteiger partial charge on any atom is 0.191 e. The van der Waals surface area contributed by atoms with E-state index >= 15 is 0 Å². The highest BCUT2D eigenvalue weighted by molar-refractivity contribution is 14.0. The van der Waals surface area contributed by atoms with Crippen molar-refractivity contribution in [3.63, 3.8) is 0 Å². The highest BCUT2D eigenvalue weighted by Gasteiger charge is 2.17. The van der Waals surface area contributed by atoms with E-state index in [4.69, 9.17) is 5.73 Å². The van der Waals surface area contributed by atoms with Crippen LogP contribution >= 0.6 is 24.0 Å². The molecule has 1 aliphatic rings. The molecular weight excluding hydrogens is 411 g/mol. The number of nitrogens with two attached hydrogens (primary N) is 1. The van der Waals surface area contributed by atoms with Crippen molar-refractivity contribution in [3.8, 4) is 0 Å². The molecule has 1 unspecified atom stereocenters. The molecule has 0 bridgehead atoms. The molecule has 1 heterocycles. The summed E-state index contributed by atoms with van der Waals surface area (Å²) in [6.07, 6.45) is 4.04. The fraction of sp³-hybridized carbons (Fsp3) is 0.632. The van der Waals surface area contributed by atoms with Crippen LogP contribution in [0.15, 0.2) is 29.3 Å². The van der Waals surface area contributed by atoms with Crippen molar-refractivity contribution in [1.82, 2.24) is 9.80 Å². The fourth-order valence-electron chi connectivity index (χ4n) is 3.20. The number of halogens is 1. The Morgan fingerprint density at radius 1 is 1.17 bits per heavy atom. The van der Waals surface area contributed by atoms with Crippen molar-refractivity contribution >= 4 is 29.9 Å². The Hall–Kier alpha value is -0.820. The number of hydrogen-bond donors (Lipinski definition) is 1. The molecular formula is C19H33IN4. The lowest BCUT2D eigenvalue weighted by Gasteiger charge is -2.33. The molecule has 1 atom stereocenters. The van der Waals surface area contributed by atoms with Gasteiger partial charge in [-0.05, 0) is 51.3 Å². The van der Waals surface area contributed by atoms with Gasteiger partial charge in [-0.15, -0.1) is 24.0 Å². The third kappa shape index (κ3) is 6.24. The highest BCUT2D eigenvalue weighted by Crippen LogP contribution is 2.19.